The van der Waals surface area contributed by atoms with Gasteiger partial charge in [0.05, 0.1) is 23.8 Å². The first-order valence-corrected chi connectivity index (χ1v) is 9.64. The van der Waals surface area contributed by atoms with E-state index in [0.717, 1.165) is 34.5 Å². The maximum Gasteiger partial charge on any atom is 0.194 e. The van der Waals surface area contributed by atoms with Crippen LogP contribution in [0.25, 0.3) is 0 Å². The molecule has 1 aromatic heterocycles. The summed E-state index contributed by atoms with van der Waals surface area (Å²) >= 11 is 1.64. The van der Waals surface area contributed by atoms with Crippen LogP contribution >= 0.6 is 11.3 Å². The van der Waals surface area contributed by atoms with Crippen LogP contribution in [0.4, 0.5) is 0 Å². The van der Waals surface area contributed by atoms with Gasteiger partial charge < -0.3 is 20.1 Å². The smallest absolute Gasteiger partial charge is 0.194 e. The zero-order valence-corrected chi connectivity index (χ0v) is 16.7. The van der Waals surface area contributed by atoms with Crippen molar-refractivity contribution in [1.29, 1.82) is 0 Å². The van der Waals surface area contributed by atoms with E-state index in [2.05, 4.69) is 20.7 Å². The molecule has 0 aliphatic rings. The number of ether oxygens (including phenoxy) is 1. The maximum absolute atomic E-state index is 10.2. The number of aryl methyl sites for hydroxylation is 2. The summed E-state index contributed by atoms with van der Waals surface area (Å²) in [5, 5.41) is 16.5. The molecule has 0 fully saturated rings. The van der Waals surface area contributed by atoms with Gasteiger partial charge >= 0.3 is 0 Å². The molecule has 26 heavy (non-hydrogen) atoms. The molecular formula is C19H28N4O2S. The molecule has 0 aliphatic heterocycles. The molecule has 1 atom stereocenters. The molecule has 1 unspecified atom stereocenters. The number of benzene rings is 1. The number of aromatic nitrogens is 1. The molecule has 0 saturated heterocycles. The number of hydrogen-bond acceptors (Lipinski definition) is 5. The quantitative estimate of drug-likeness (QED) is 0.547. The number of nitrogens with zero attached hydrogens (tertiary/aromatic N) is 3. The van der Waals surface area contributed by atoms with Crippen molar-refractivity contribution in [2.24, 2.45) is 4.99 Å². The van der Waals surface area contributed by atoms with Crippen LogP contribution in [0.1, 0.15) is 23.2 Å². The number of aliphatic hydroxyl groups excluding tert-OH is 1. The Balaban J connectivity index is 1.88. The molecular weight excluding hydrogens is 348 g/mol. The van der Waals surface area contributed by atoms with Gasteiger partial charge in [0.25, 0.3) is 0 Å². The molecule has 0 spiro atoms. The molecule has 0 amide bonds. The number of nitrogens with one attached hydrogen (secondary N) is 1. The predicted octanol–water partition coefficient (Wildman–Crippen LogP) is 2.60. The van der Waals surface area contributed by atoms with Crippen LogP contribution in [0.2, 0.25) is 0 Å². The van der Waals surface area contributed by atoms with Crippen molar-refractivity contribution in [2.45, 2.75) is 33.4 Å². The zero-order chi connectivity index (χ0) is 18.9. The van der Waals surface area contributed by atoms with E-state index in [0.29, 0.717) is 6.54 Å². The summed E-state index contributed by atoms with van der Waals surface area (Å²) < 4.78 is 5.64. The Morgan fingerprint density at radius 3 is 2.88 bits per heavy atom. The highest BCUT2D eigenvalue weighted by atomic mass is 32.1. The summed E-state index contributed by atoms with van der Waals surface area (Å²) in [5.41, 5.74) is 2.15. The van der Waals surface area contributed by atoms with Crippen molar-refractivity contribution in [2.75, 3.05) is 26.7 Å². The Bertz CT molecular complexity index is 717. The van der Waals surface area contributed by atoms with Crippen LogP contribution in [-0.2, 0) is 6.54 Å². The molecule has 2 N–H and O–H groups in total. The Morgan fingerprint density at radius 2 is 2.23 bits per heavy atom. The van der Waals surface area contributed by atoms with E-state index < -0.39 is 6.10 Å². The monoisotopic (exact) mass is 376 g/mol. The molecule has 1 aromatic carbocycles. The van der Waals surface area contributed by atoms with Gasteiger partial charge in [0.2, 0.25) is 0 Å². The normalized spacial score (nSPS) is 12.7. The van der Waals surface area contributed by atoms with Crippen molar-refractivity contribution >= 4 is 17.3 Å². The molecule has 0 bridgehead atoms. The highest BCUT2D eigenvalue weighted by molar-refractivity contribution is 7.09. The highest BCUT2D eigenvalue weighted by Crippen LogP contribution is 2.13. The van der Waals surface area contributed by atoms with E-state index in [4.69, 9.17) is 4.74 Å². The average Bonchev–Trinajstić information content (AvgIpc) is 3.01. The van der Waals surface area contributed by atoms with Crippen molar-refractivity contribution < 1.29 is 9.84 Å². The fourth-order valence-electron chi connectivity index (χ4n) is 2.41. The van der Waals surface area contributed by atoms with E-state index in [1.54, 1.807) is 11.3 Å². The third-order valence-electron chi connectivity index (χ3n) is 3.65. The summed E-state index contributed by atoms with van der Waals surface area (Å²) in [7, 11) is 1.96. The summed E-state index contributed by atoms with van der Waals surface area (Å²) in [6, 6.07) is 7.78. The minimum absolute atomic E-state index is 0.210. The lowest BCUT2D eigenvalue weighted by molar-refractivity contribution is 0.114. The minimum atomic E-state index is -0.668. The third kappa shape index (κ3) is 6.65. The Morgan fingerprint density at radius 1 is 1.42 bits per heavy atom. The zero-order valence-electron chi connectivity index (χ0n) is 15.9. The number of rotatable bonds is 8. The number of guanidine groups is 1. The first kappa shape index (κ1) is 20.2. The summed E-state index contributed by atoms with van der Waals surface area (Å²) in [5.74, 6) is 1.50. The van der Waals surface area contributed by atoms with Crippen molar-refractivity contribution in [3.05, 3.63) is 45.9 Å². The second-order valence-electron chi connectivity index (χ2n) is 6.19. The molecule has 0 radical (unpaired) electrons. The SMILES string of the molecule is CCNC(=NCC(O)COc1cccc(C)c1)N(C)Cc1csc(C)n1. The van der Waals surface area contributed by atoms with Gasteiger partial charge in [0.15, 0.2) is 5.96 Å². The minimum Gasteiger partial charge on any atom is -0.491 e. The largest absolute Gasteiger partial charge is 0.491 e. The first-order valence-electron chi connectivity index (χ1n) is 8.76. The average molecular weight is 377 g/mol. The summed E-state index contributed by atoms with van der Waals surface area (Å²) in [6.07, 6.45) is -0.668. The van der Waals surface area contributed by atoms with E-state index in [9.17, 15) is 5.11 Å². The van der Waals surface area contributed by atoms with Gasteiger partial charge in [-0.05, 0) is 38.5 Å². The molecule has 6 nitrogen and oxygen atoms in total. The van der Waals surface area contributed by atoms with Crippen LogP contribution in [0.3, 0.4) is 0 Å². The molecule has 142 valence electrons. The number of thiazole rings is 1. The predicted molar refractivity (Wildman–Crippen MR) is 107 cm³/mol. The molecule has 2 aromatic rings. The Kier molecular flexibility index (Phi) is 7.87. The molecule has 2 rings (SSSR count). The highest BCUT2D eigenvalue weighted by Gasteiger charge is 2.11. The van der Waals surface area contributed by atoms with Gasteiger partial charge in [-0.1, -0.05) is 12.1 Å². The van der Waals surface area contributed by atoms with Crippen molar-refractivity contribution in [3.8, 4) is 5.75 Å². The summed E-state index contributed by atoms with van der Waals surface area (Å²) in [4.78, 5) is 11.0. The molecule has 1 heterocycles. The van der Waals surface area contributed by atoms with Crippen LogP contribution in [0.5, 0.6) is 5.75 Å². The molecule has 7 heteroatoms. The van der Waals surface area contributed by atoms with Crippen LogP contribution < -0.4 is 10.1 Å². The van der Waals surface area contributed by atoms with E-state index >= 15 is 0 Å². The van der Waals surface area contributed by atoms with Gasteiger partial charge in [-0.2, -0.15) is 0 Å². The molecule has 0 saturated carbocycles. The maximum atomic E-state index is 10.2. The van der Waals surface area contributed by atoms with Gasteiger partial charge in [0.1, 0.15) is 18.5 Å². The number of aliphatic hydroxyl groups is 1. The number of hydrogen-bond donors (Lipinski definition) is 2. The second kappa shape index (κ2) is 10.1. The standard InChI is InChI=1S/C19H28N4O2S/c1-5-20-19(23(4)11-16-13-26-15(3)22-16)21-10-17(24)12-25-18-8-6-7-14(2)9-18/h6-9,13,17,24H,5,10-12H2,1-4H3,(H,20,21). The third-order valence-corrected chi connectivity index (χ3v) is 4.47. The fraction of sp³-hybridized carbons (Fsp3) is 0.474. The molecule has 0 aliphatic carbocycles. The van der Waals surface area contributed by atoms with E-state index in [-0.39, 0.29) is 13.2 Å². The van der Waals surface area contributed by atoms with Gasteiger partial charge in [-0.15, -0.1) is 11.3 Å². The Labute approximate surface area is 159 Å². The van der Waals surface area contributed by atoms with Crippen molar-refractivity contribution in [3.63, 3.8) is 0 Å². The lowest BCUT2D eigenvalue weighted by atomic mass is 10.2. The van der Waals surface area contributed by atoms with Gasteiger partial charge in [0, 0.05) is 19.0 Å². The van der Waals surface area contributed by atoms with E-state index in [1.165, 1.54) is 0 Å². The lowest BCUT2D eigenvalue weighted by Gasteiger charge is -2.21. The fourth-order valence-corrected chi connectivity index (χ4v) is 3.01. The topological polar surface area (TPSA) is 70.0 Å². The van der Waals surface area contributed by atoms with Crippen LogP contribution in [0.15, 0.2) is 34.6 Å². The van der Waals surface area contributed by atoms with Gasteiger partial charge in [-0.25, -0.2) is 4.98 Å². The van der Waals surface area contributed by atoms with Crippen molar-refractivity contribution in [1.82, 2.24) is 15.2 Å². The van der Waals surface area contributed by atoms with Crippen LogP contribution in [0, 0.1) is 13.8 Å². The first-order chi connectivity index (χ1) is 12.5. The number of aliphatic imine (C=N–C) groups is 1. The summed E-state index contributed by atoms with van der Waals surface area (Å²) in [6.45, 7) is 7.94. The second-order valence-corrected chi connectivity index (χ2v) is 7.25. The lowest BCUT2D eigenvalue weighted by Crippen LogP contribution is -2.39. The van der Waals surface area contributed by atoms with E-state index in [1.807, 2.05) is 57.0 Å². The Hall–Kier alpha value is -2.12. The van der Waals surface area contributed by atoms with Gasteiger partial charge in [-0.3, -0.25) is 4.99 Å². The van der Waals surface area contributed by atoms with Crippen LogP contribution in [-0.4, -0.2) is 53.8 Å².